The predicted octanol–water partition coefficient (Wildman–Crippen LogP) is 3.82. The number of aromatic nitrogens is 1. The van der Waals surface area contributed by atoms with Crippen molar-refractivity contribution in [1.29, 1.82) is 0 Å². The molecule has 0 amide bonds. The van der Waals surface area contributed by atoms with Crippen molar-refractivity contribution < 1.29 is 9.26 Å². The maximum Gasteiger partial charge on any atom is 0.174 e. The lowest BCUT2D eigenvalue weighted by Gasteiger charge is -2.14. The van der Waals surface area contributed by atoms with Gasteiger partial charge >= 0.3 is 0 Å². The van der Waals surface area contributed by atoms with Crippen LogP contribution in [0.3, 0.4) is 0 Å². The van der Waals surface area contributed by atoms with E-state index in [1.165, 1.54) is 0 Å². The molecule has 0 fully saturated rings. The van der Waals surface area contributed by atoms with Crippen LogP contribution >= 0.6 is 15.9 Å². The van der Waals surface area contributed by atoms with Crippen LogP contribution in [0.4, 0.5) is 0 Å². The Labute approximate surface area is 127 Å². The molecule has 1 N–H and O–H groups in total. The fourth-order valence-electron chi connectivity index (χ4n) is 1.80. The highest BCUT2D eigenvalue weighted by atomic mass is 79.9. The Morgan fingerprint density at radius 2 is 2.20 bits per heavy atom. The van der Waals surface area contributed by atoms with Crippen LogP contribution in [0.2, 0.25) is 0 Å². The number of hydrogen-bond donors (Lipinski definition) is 1. The van der Waals surface area contributed by atoms with Gasteiger partial charge in [-0.15, -0.1) is 0 Å². The average molecular weight is 339 g/mol. The first-order valence-corrected chi connectivity index (χ1v) is 7.41. The van der Waals surface area contributed by atoms with Crippen molar-refractivity contribution in [3.63, 3.8) is 0 Å². The van der Waals surface area contributed by atoms with Gasteiger partial charge in [-0.05, 0) is 28.9 Å². The third kappa shape index (κ3) is 4.08. The second-order valence-corrected chi connectivity index (χ2v) is 5.84. The van der Waals surface area contributed by atoms with Gasteiger partial charge in [0.2, 0.25) is 0 Å². The topological polar surface area (TPSA) is 47.3 Å². The molecule has 2 aromatic rings. The van der Waals surface area contributed by atoms with Gasteiger partial charge in [0, 0.05) is 24.2 Å². The zero-order valence-electron chi connectivity index (χ0n) is 11.9. The summed E-state index contributed by atoms with van der Waals surface area (Å²) in [6.07, 6.45) is 0. The van der Waals surface area contributed by atoms with Crippen molar-refractivity contribution in [1.82, 2.24) is 10.5 Å². The molecule has 2 rings (SSSR count). The number of nitrogens with zero attached hydrogens (tertiary/aromatic N) is 1. The number of para-hydroxylation sites is 1. The third-order valence-electron chi connectivity index (χ3n) is 2.78. The molecular weight excluding hydrogens is 320 g/mol. The first-order valence-electron chi connectivity index (χ1n) is 6.62. The molecule has 5 heteroatoms. The monoisotopic (exact) mass is 338 g/mol. The molecule has 0 bridgehead atoms. The van der Waals surface area contributed by atoms with Crippen molar-refractivity contribution in [2.75, 3.05) is 0 Å². The highest BCUT2D eigenvalue weighted by molar-refractivity contribution is 9.10. The highest BCUT2D eigenvalue weighted by Gasteiger charge is 2.10. The molecule has 0 unspecified atom stereocenters. The summed E-state index contributed by atoms with van der Waals surface area (Å²) in [7, 11) is 0. The summed E-state index contributed by atoms with van der Waals surface area (Å²) in [6, 6.07) is 8.34. The van der Waals surface area contributed by atoms with Gasteiger partial charge in [0.15, 0.2) is 5.76 Å². The summed E-state index contributed by atoms with van der Waals surface area (Å²) in [4.78, 5) is 0. The molecule has 0 aliphatic heterocycles. The van der Waals surface area contributed by atoms with Gasteiger partial charge in [0.1, 0.15) is 12.4 Å². The van der Waals surface area contributed by atoms with Gasteiger partial charge in [-0.1, -0.05) is 31.1 Å². The van der Waals surface area contributed by atoms with E-state index < -0.39 is 0 Å². The summed E-state index contributed by atoms with van der Waals surface area (Å²) < 4.78 is 12.0. The number of ether oxygens (including phenoxy) is 1. The smallest absolute Gasteiger partial charge is 0.174 e. The second-order valence-electron chi connectivity index (χ2n) is 4.99. The van der Waals surface area contributed by atoms with Crippen molar-refractivity contribution in [3.8, 4) is 5.75 Å². The number of halogens is 1. The van der Waals surface area contributed by atoms with Crippen LogP contribution in [0.1, 0.15) is 30.9 Å². The van der Waals surface area contributed by atoms with Crippen molar-refractivity contribution in [2.45, 2.75) is 40.0 Å². The van der Waals surface area contributed by atoms with Crippen LogP contribution in [0, 0.1) is 6.92 Å². The van der Waals surface area contributed by atoms with Gasteiger partial charge in [0.25, 0.3) is 0 Å². The predicted molar refractivity (Wildman–Crippen MR) is 81.7 cm³/mol. The van der Waals surface area contributed by atoms with Gasteiger partial charge in [-0.2, -0.15) is 0 Å². The normalized spacial score (nSPS) is 11.1. The third-order valence-corrected chi connectivity index (χ3v) is 3.41. The second kappa shape index (κ2) is 6.90. The Morgan fingerprint density at radius 1 is 1.40 bits per heavy atom. The molecule has 0 radical (unpaired) electrons. The summed E-state index contributed by atoms with van der Waals surface area (Å²) in [5, 5.41) is 7.25. The Balaban J connectivity index is 2.08. The van der Waals surface area contributed by atoms with Gasteiger partial charge in [-0.3, -0.25) is 0 Å². The molecule has 0 atom stereocenters. The summed E-state index contributed by atoms with van der Waals surface area (Å²) in [5.74, 6) is 1.57. The molecule has 1 heterocycles. The van der Waals surface area contributed by atoms with Crippen LogP contribution in [-0.2, 0) is 13.2 Å². The van der Waals surface area contributed by atoms with E-state index in [0.29, 0.717) is 12.6 Å². The number of aryl methyl sites for hydroxylation is 1. The molecule has 0 saturated carbocycles. The lowest BCUT2D eigenvalue weighted by molar-refractivity contribution is 0.245. The summed E-state index contributed by atoms with van der Waals surface area (Å²) in [6.45, 7) is 7.27. The average Bonchev–Trinajstić information content (AvgIpc) is 2.81. The van der Waals surface area contributed by atoms with Crippen molar-refractivity contribution in [2.24, 2.45) is 0 Å². The molecule has 20 heavy (non-hydrogen) atoms. The van der Waals surface area contributed by atoms with Crippen LogP contribution in [0.15, 0.2) is 33.3 Å². The van der Waals surface area contributed by atoms with Gasteiger partial charge < -0.3 is 14.6 Å². The van der Waals surface area contributed by atoms with Crippen LogP contribution < -0.4 is 10.1 Å². The number of hydrogen-bond acceptors (Lipinski definition) is 4. The Bertz CT molecular complexity index is 567. The highest BCUT2D eigenvalue weighted by Crippen LogP contribution is 2.30. The van der Waals surface area contributed by atoms with Crippen LogP contribution in [0.5, 0.6) is 5.75 Å². The largest absolute Gasteiger partial charge is 0.484 e. The van der Waals surface area contributed by atoms with Crippen molar-refractivity contribution in [3.05, 3.63) is 45.8 Å². The molecule has 0 aliphatic rings. The van der Waals surface area contributed by atoms with Gasteiger partial charge in [-0.25, -0.2) is 0 Å². The minimum atomic E-state index is 0.373. The molecule has 0 saturated heterocycles. The lowest BCUT2D eigenvalue weighted by Crippen LogP contribution is -2.22. The zero-order chi connectivity index (χ0) is 14.5. The Kier molecular flexibility index (Phi) is 5.20. The zero-order valence-corrected chi connectivity index (χ0v) is 13.5. The minimum absolute atomic E-state index is 0.373. The van der Waals surface area contributed by atoms with E-state index >= 15 is 0 Å². The maximum absolute atomic E-state index is 5.88. The number of rotatable bonds is 6. The van der Waals surface area contributed by atoms with E-state index in [4.69, 9.17) is 9.26 Å². The lowest BCUT2D eigenvalue weighted by atomic mass is 10.2. The number of nitrogens with one attached hydrogen (secondary N) is 1. The number of benzene rings is 1. The van der Waals surface area contributed by atoms with E-state index in [9.17, 15) is 0 Å². The van der Waals surface area contributed by atoms with E-state index in [0.717, 1.165) is 33.8 Å². The first-order chi connectivity index (χ1) is 9.56. The first kappa shape index (κ1) is 15.1. The summed E-state index contributed by atoms with van der Waals surface area (Å²) in [5.41, 5.74) is 1.97. The molecule has 1 aromatic carbocycles. The summed E-state index contributed by atoms with van der Waals surface area (Å²) >= 11 is 3.53. The molecular formula is C15H19BrN2O2. The molecule has 0 spiro atoms. The van der Waals surface area contributed by atoms with E-state index in [1.807, 2.05) is 25.1 Å². The van der Waals surface area contributed by atoms with Gasteiger partial charge in [0.05, 0.1) is 10.2 Å². The van der Waals surface area contributed by atoms with Crippen molar-refractivity contribution >= 4 is 15.9 Å². The van der Waals surface area contributed by atoms with Crippen LogP contribution in [-0.4, -0.2) is 11.2 Å². The Morgan fingerprint density at radius 3 is 2.85 bits per heavy atom. The fraction of sp³-hybridized carbons (Fsp3) is 0.400. The minimum Gasteiger partial charge on any atom is -0.484 e. The quantitative estimate of drug-likeness (QED) is 0.869. The van der Waals surface area contributed by atoms with Crippen LogP contribution in [0.25, 0.3) is 0 Å². The SMILES string of the molecule is Cc1cc(COc2c(Br)cccc2CNC(C)C)on1. The molecule has 108 valence electrons. The molecule has 1 aromatic heterocycles. The molecule has 0 aliphatic carbocycles. The van der Waals surface area contributed by atoms with E-state index in [2.05, 4.69) is 46.3 Å². The fourth-order valence-corrected chi connectivity index (χ4v) is 2.32. The molecule has 4 nitrogen and oxygen atoms in total. The van der Waals surface area contributed by atoms with E-state index in [-0.39, 0.29) is 0 Å². The Hall–Kier alpha value is -1.33. The standard InChI is InChI=1S/C15H19BrN2O2/c1-10(2)17-8-12-5-4-6-14(16)15(12)19-9-13-7-11(3)18-20-13/h4-7,10,17H,8-9H2,1-3H3. The van der Waals surface area contributed by atoms with E-state index in [1.54, 1.807) is 0 Å². The maximum atomic E-state index is 5.88.